The second kappa shape index (κ2) is 7.73. The second-order valence-electron chi connectivity index (χ2n) is 8.23. The van der Waals surface area contributed by atoms with Gasteiger partial charge in [-0.25, -0.2) is 4.68 Å². The number of nitrogens with zero attached hydrogens (tertiary/aromatic N) is 4. The number of fused-ring (bicyclic) bond motifs is 1. The number of alkyl halides is 3. The summed E-state index contributed by atoms with van der Waals surface area (Å²) >= 11 is 0. The van der Waals surface area contributed by atoms with Crippen LogP contribution in [0.15, 0.2) is 6.07 Å². The molecule has 4 heterocycles. The van der Waals surface area contributed by atoms with Gasteiger partial charge in [0.2, 0.25) is 0 Å². The van der Waals surface area contributed by atoms with Gasteiger partial charge in [0.25, 0.3) is 10.2 Å². The number of halogens is 3. The van der Waals surface area contributed by atoms with Gasteiger partial charge in [-0.05, 0) is 38.5 Å². The summed E-state index contributed by atoms with van der Waals surface area (Å²) in [6.07, 6.45) is -0.847. The predicted octanol–water partition coefficient (Wildman–Crippen LogP) is 3.10. The predicted molar refractivity (Wildman–Crippen MR) is 103 cm³/mol. The summed E-state index contributed by atoms with van der Waals surface area (Å²) in [4.78, 5) is 0. The third-order valence-corrected chi connectivity index (χ3v) is 8.41. The van der Waals surface area contributed by atoms with Gasteiger partial charge in [-0.1, -0.05) is 6.92 Å². The van der Waals surface area contributed by atoms with Gasteiger partial charge in [-0.2, -0.15) is 35.3 Å². The lowest BCUT2D eigenvalue weighted by Gasteiger charge is -2.33. The van der Waals surface area contributed by atoms with E-state index in [1.54, 1.807) is 6.07 Å². The minimum absolute atomic E-state index is 0.0271. The monoisotopic (exact) mass is 435 g/mol. The van der Waals surface area contributed by atoms with Crippen LogP contribution < -0.4 is 5.32 Å². The molecule has 164 valence electrons. The molecule has 0 aliphatic carbocycles. The molecule has 4 rings (SSSR count). The lowest BCUT2D eigenvalue weighted by molar-refractivity contribution is -0.173. The Bertz CT molecular complexity index is 827. The van der Waals surface area contributed by atoms with E-state index in [9.17, 15) is 21.6 Å². The molecule has 3 aliphatic heterocycles. The van der Waals surface area contributed by atoms with E-state index in [0.717, 1.165) is 17.5 Å². The molecule has 0 unspecified atom stereocenters. The highest BCUT2D eigenvalue weighted by molar-refractivity contribution is 7.86. The van der Waals surface area contributed by atoms with Crippen molar-refractivity contribution < 1.29 is 21.6 Å². The Labute approximate surface area is 169 Å². The average molecular weight is 436 g/mol. The van der Waals surface area contributed by atoms with Crippen LogP contribution in [0.5, 0.6) is 0 Å². The van der Waals surface area contributed by atoms with Gasteiger partial charge < -0.3 is 5.32 Å². The number of hydrogen-bond donors (Lipinski definition) is 1. The van der Waals surface area contributed by atoms with Crippen molar-refractivity contribution in [1.29, 1.82) is 0 Å². The van der Waals surface area contributed by atoms with Crippen LogP contribution in [0, 0.1) is 0 Å². The van der Waals surface area contributed by atoms with E-state index in [2.05, 4.69) is 10.4 Å². The summed E-state index contributed by atoms with van der Waals surface area (Å²) in [7, 11) is -3.43. The molecule has 2 saturated heterocycles. The SMILES string of the molecule is CC[C@@H]1C[C@H](C(F)(F)F)n2nc(C3CCN(S(=O)(=O)N4CCCC4)CC3)cc2N1. The Balaban J connectivity index is 1.48. The van der Waals surface area contributed by atoms with E-state index in [4.69, 9.17) is 0 Å². The molecule has 1 N–H and O–H groups in total. The first-order valence-electron chi connectivity index (χ1n) is 10.4. The van der Waals surface area contributed by atoms with E-state index in [-0.39, 0.29) is 18.4 Å². The molecular formula is C18H28F3N5O2S. The fraction of sp³-hybridized carbons (Fsp3) is 0.833. The summed E-state index contributed by atoms with van der Waals surface area (Å²) in [5, 5.41) is 7.48. The molecule has 0 bridgehead atoms. The maximum atomic E-state index is 13.5. The zero-order valence-electron chi connectivity index (χ0n) is 16.5. The Morgan fingerprint density at radius 3 is 2.34 bits per heavy atom. The Morgan fingerprint density at radius 1 is 1.14 bits per heavy atom. The van der Waals surface area contributed by atoms with Gasteiger partial charge in [0.15, 0.2) is 6.04 Å². The van der Waals surface area contributed by atoms with Gasteiger partial charge in [0, 0.05) is 44.2 Å². The van der Waals surface area contributed by atoms with Crippen molar-refractivity contribution in [2.45, 2.75) is 69.6 Å². The number of anilines is 1. The average Bonchev–Trinajstić information content (AvgIpc) is 3.36. The summed E-state index contributed by atoms with van der Waals surface area (Å²) in [6, 6.07) is -0.130. The number of piperidine rings is 1. The van der Waals surface area contributed by atoms with Gasteiger partial charge in [-0.15, -0.1) is 0 Å². The minimum atomic E-state index is -4.35. The fourth-order valence-electron chi connectivity index (χ4n) is 4.60. The summed E-state index contributed by atoms with van der Waals surface area (Å²) < 4.78 is 70.2. The standard InChI is InChI=1S/C18H28F3N5O2S/c1-2-14-11-16(18(19,20)21)26-17(22-14)12-15(23-26)13-5-9-25(10-6-13)29(27,28)24-7-3-4-8-24/h12-14,16,22H,2-11H2,1H3/t14-,16-/m1/s1. The third-order valence-electron chi connectivity index (χ3n) is 6.37. The Kier molecular flexibility index (Phi) is 5.58. The van der Waals surface area contributed by atoms with E-state index in [1.807, 2.05) is 6.92 Å². The number of rotatable bonds is 4. The third kappa shape index (κ3) is 4.00. The molecular weight excluding hydrogens is 407 g/mol. The quantitative estimate of drug-likeness (QED) is 0.789. The molecule has 1 aromatic rings. The summed E-state index contributed by atoms with van der Waals surface area (Å²) in [5.41, 5.74) is 0.622. The highest BCUT2D eigenvalue weighted by Crippen LogP contribution is 2.41. The molecule has 0 aromatic carbocycles. The summed E-state index contributed by atoms with van der Waals surface area (Å²) in [5.74, 6) is 0.376. The van der Waals surface area contributed by atoms with Crippen LogP contribution in [0.3, 0.4) is 0 Å². The van der Waals surface area contributed by atoms with Gasteiger partial charge in [-0.3, -0.25) is 0 Å². The van der Waals surface area contributed by atoms with Crippen molar-refractivity contribution >= 4 is 16.0 Å². The lowest BCUT2D eigenvalue weighted by Crippen LogP contribution is -2.45. The molecule has 0 spiro atoms. The van der Waals surface area contributed by atoms with Crippen LogP contribution >= 0.6 is 0 Å². The maximum Gasteiger partial charge on any atom is 0.410 e. The Morgan fingerprint density at radius 2 is 1.76 bits per heavy atom. The zero-order valence-corrected chi connectivity index (χ0v) is 17.3. The molecule has 11 heteroatoms. The largest absolute Gasteiger partial charge is 0.410 e. The number of hydrogen-bond acceptors (Lipinski definition) is 4. The van der Waals surface area contributed by atoms with Gasteiger partial charge in [0.1, 0.15) is 5.82 Å². The maximum absolute atomic E-state index is 13.5. The van der Waals surface area contributed by atoms with Crippen LogP contribution in [0.1, 0.15) is 63.1 Å². The van der Waals surface area contributed by atoms with Crippen LogP contribution in [0.25, 0.3) is 0 Å². The highest BCUT2D eigenvalue weighted by Gasteiger charge is 2.46. The van der Waals surface area contributed by atoms with Crippen molar-refractivity contribution in [3.63, 3.8) is 0 Å². The van der Waals surface area contributed by atoms with Crippen molar-refractivity contribution in [3.05, 3.63) is 11.8 Å². The van der Waals surface area contributed by atoms with Crippen molar-refractivity contribution in [1.82, 2.24) is 18.4 Å². The molecule has 2 atom stereocenters. The molecule has 7 nitrogen and oxygen atoms in total. The molecule has 3 aliphatic rings. The van der Waals surface area contributed by atoms with E-state index in [0.29, 0.717) is 57.0 Å². The highest BCUT2D eigenvalue weighted by atomic mass is 32.2. The van der Waals surface area contributed by atoms with Crippen LogP contribution in [-0.4, -0.2) is 65.2 Å². The topological polar surface area (TPSA) is 70.5 Å². The number of nitrogens with one attached hydrogen (secondary N) is 1. The fourth-order valence-corrected chi connectivity index (χ4v) is 6.32. The molecule has 0 saturated carbocycles. The van der Waals surface area contributed by atoms with Crippen molar-refractivity contribution in [2.24, 2.45) is 0 Å². The molecule has 0 amide bonds. The smallest absolute Gasteiger partial charge is 0.367 e. The first kappa shape index (κ1) is 20.9. The van der Waals surface area contributed by atoms with E-state index >= 15 is 0 Å². The minimum Gasteiger partial charge on any atom is -0.367 e. The second-order valence-corrected chi connectivity index (χ2v) is 10.2. The van der Waals surface area contributed by atoms with Crippen LogP contribution in [0.4, 0.5) is 19.0 Å². The Hall–Kier alpha value is -1.33. The van der Waals surface area contributed by atoms with Crippen LogP contribution in [0.2, 0.25) is 0 Å². The van der Waals surface area contributed by atoms with Gasteiger partial charge >= 0.3 is 6.18 Å². The number of aromatic nitrogens is 2. The first-order valence-corrected chi connectivity index (χ1v) is 11.8. The normalized spacial score (nSPS) is 27.7. The molecule has 29 heavy (non-hydrogen) atoms. The lowest BCUT2D eigenvalue weighted by atomic mass is 9.95. The van der Waals surface area contributed by atoms with Crippen LogP contribution in [-0.2, 0) is 10.2 Å². The zero-order chi connectivity index (χ0) is 20.8. The van der Waals surface area contributed by atoms with Gasteiger partial charge in [0.05, 0.1) is 5.69 Å². The van der Waals surface area contributed by atoms with Crippen molar-refractivity contribution in [2.75, 3.05) is 31.5 Å². The van der Waals surface area contributed by atoms with E-state index < -0.39 is 22.4 Å². The van der Waals surface area contributed by atoms with E-state index in [1.165, 1.54) is 8.61 Å². The molecule has 1 aromatic heterocycles. The molecule has 0 radical (unpaired) electrons. The van der Waals surface area contributed by atoms with Crippen molar-refractivity contribution in [3.8, 4) is 0 Å². The molecule has 2 fully saturated rings. The first-order chi connectivity index (χ1) is 13.7. The summed E-state index contributed by atoms with van der Waals surface area (Å²) in [6.45, 7) is 3.76.